The molecule has 7 heteroatoms. The van der Waals surface area contributed by atoms with E-state index in [1.165, 1.54) is 11.3 Å². The number of nitrogens with zero attached hydrogens (tertiary/aromatic N) is 1. The first-order valence-electron chi connectivity index (χ1n) is 12.2. The van der Waals surface area contributed by atoms with Crippen molar-refractivity contribution in [2.45, 2.75) is 18.0 Å². The molecule has 1 saturated heterocycles. The molecule has 0 bridgehead atoms. The number of thiophene rings is 1. The Hall–Kier alpha value is -3.51. The first-order chi connectivity index (χ1) is 18.4. The summed E-state index contributed by atoms with van der Waals surface area (Å²) >= 11 is 14.1. The van der Waals surface area contributed by atoms with Gasteiger partial charge in [-0.2, -0.15) is 0 Å². The lowest BCUT2D eigenvalue weighted by molar-refractivity contribution is 0.0666. The second-order valence-electron chi connectivity index (χ2n) is 9.81. The van der Waals surface area contributed by atoms with E-state index >= 15 is 0 Å². The number of Topliss-reactive ketones (excluding diaryl/α,β-unsaturated/α-hetero) is 3. The number of anilines is 1. The third-order valence-corrected chi connectivity index (χ3v) is 9.36. The van der Waals surface area contributed by atoms with Crippen LogP contribution in [-0.2, 0) is 0 Å². The molecular formula is C31H19Cl2NO3S. The van der Waals surface area contributed by atoms with Crippen LogP contribution in [0.3, 0.4) is 0 Å². The van der Waals surface area contributed by atoms with Crippen LogP contribution in [0.4, 0.5) is 5.69 Å². The normalized spacial score (nSPS) is 22.5. The quantitative estimate of drug-likeness (QED) is 0.195. The molecule has 0 N–H and O–H groups in total. The van der Waals surface area contributed by atoms with Gasteiger partial charge in [-0.15, -0.1) is 11.3 Å². The Balaban J connectivity index is 1.57. The summed E-state index contributed by atoms with van der Waals surface area (Å²) in [4.78, 5) is 46.0. The largest absolute Gasteiger partial charge is 0.352 e. The van der Waals surface area contributed by atoms with E-state index in [1.807, 2.05) is 46.7 Å². The van der Waals surface area contributed by atoms with Crippen LogP contribution in [0.1, 0.15) is 47.4 Å². The predicted octanol–water partition coefficient (Wildman–Crippen LogP) is 7.37. The maximum atomic E-state index is 14.5. The summed E-state index contributed by atoms with van der Waals surface area (Å²) in [5.41, 5.74) is 1.51. The Morgan fingerprint density at radius 2 is 1.58 bits per heavy atom. The number of halogens is 2. The Kier molecular flexibility index (Phi) is 5.28. The van der Waals surface area contributed by atoms with Crippen molar-refractivity contribution in [2.24, 2.45) is 5.41 Å². The highest BCUT2D eigenvalue weighted by molar-refractivity contribution is 7.12. The van der Waals surface area contributed by atoms with E-state index in [-0.39, 0.29) is 17.3 Å². The van der Waals surface area contributed by atoms with Crippen molar-refractivity contribution < 1.29 is 14.4 Å². The summed E-state index contributed by atoms with van der Waals surface area (Å²) in [6.07, 6.45) is 3.79. The Morgan fingerprint density at radius 1 is 0.842 bits per heavy atom. The average molecular weight is 556 g/mol. The molecule has 0 radical (unpaired) electrons. The molecule has 38 heavy (non-hydrogen) atoms. The molecule has 4 nitrogen and oxygen atoms in total. The van der Waals surface area contributed by atoms with Crippen molar-refractivity contribution in [1.82, 2.24) is 0 Å². The number of ketones is 3. The molecule has 1 spiro atoms. The van der Waals surface area contributed by atoms with E-state index in [0.29, 0.717) is 31.6 Å². The van der Waals surface area contributed by atoms with E-state index in [9.17, 15) is 14.4 Å². The van der Waals surface area contributed by atoms with Crippen LogP contribution >= 0.6 is 34.5 Å². The SMILES string of the molecule is O=C(c1cccs1)[C@@H]1[C@@H](c2cccc(Cl)c2)C2(C(=O)c3ccccc3C2=O)C2C=Cc3cc(Cl)ccc3N21. The summed E-state index contributed by atoms with van der Waals surface area (Å²) in [5, 5.41) is 2.90. The van der Waals surface area contributed by atoms with Gasteiger partial charge in [-0.3, -0.25) is 14.4 Å². The molecule has 1 aliphatic carbocycles. The van der Waals surface area contributed by atoms with Crippen LogP contribution in [0.15, 0.2) is 90.3 Å². The van der Waals surface area contributed by atoms with Gasteiger partial charge in [-0.25, -0.2) is 0 Å². The summed E-state index contributed by atoms with van der Waals surface area (Å²) in [6, 6.07) is 21.7. The fourth-order valence-electron chi connectivity index (χ4n) is 6.59. The van der Waals surface area contributed by atoms with Gasteiger partial charge in [-0.05, 0) is 52.9 Å². The van der Waals surface area contributed by atoms with Crippen molar-refractivity contribution in [3.63, 3.8) is 0 Å². The molecule has 0 amide bonds. The highest BCUT2D eigenvalue weighted by atomic mass is 35.5. The van der Waals surface area contributed by atoms with Gasteiger partial charge in [0.25, 0.3) is 0 Å². The molecule has 7 rings (SSSR count). The molecule has 3 aliphatic rings. The van der Waals surface area contributed by atoms with Crippen molar-refractivity contribution in [2.75, 3.05) is 4.90 Å². The number of hydrogen-bond acceptors (Lipinski definition) is 5. The fraction of sp³-hybridized carbons (Fsp3) is 0.129. The number of hydrogen-bond donors (Lipinski definition) is 0. The van der Waals surface area contributed by atoms with E-state index in [1.54, 1.807) is 54.6 Å². The van der Waals surface area contributed by atoms with Crippen molar-refractivity contribution in [3.05, 3.63) is 127 Å². The maximum absolute atomic E-state index is 14.5. The zero-order valence-corrected chi connectivity index (χ0v) is 22.1. The van der Waals surface area contributed by atoms with Crippen LogP contribution in [0.2, 0.25) is 10.0 Å². The lowest BCUT2D eigenvalue weighted by Crippen LogP contribution is -2.48. The predicted molar refractivity (Wildman–Crippen MR) is 151 cm³/mol. The Morgan fingerprint density at radius 3 is 2.26 bits per heavy atom. The van der Waals surface area contributed by atoms with Crippen molar-refractivity contribution in [1.29, 1.82) is 0 Å². The molecule has 3 aromatic carbocycles. The van der Waals surface area contributed by atoms with Gasteiger partial charge in [-0.1, -0.05) is 77.8 Å². The lowest BCUT2D eigenvalue weighted by Gasteiger charge is -2.37. The van der Waals surface area contributed by atoms with Crippen molar-refractivity contribution >= 4 is 63.7 Å². The molecule has 2 aliphatic heterocycles. The summed E-state index contributed by atoms with van der Waals surface area (Å²) in [6.45, 7) is 0. The minimum atomic E-state index is -1.54. The fourth-order valence-corrected chi connectivity index (χ4v) is 7.66. The molecule has 1 aromatic heterocycles. The van der Waals surface area contributed by atoms with Crippen LogP contribution in [0.5, 0.6) is 0 Å². The average Bonchev–Trinajstić information content (AvgIpc) is 3.62. The van der Waals surface area contributed by atoms with Crippen LogP contribution < -0.4 is 4.90 Å². The van der Waals surface area contributed by atoms with Crippen LogP contribution in [0.25, 0.3) is 6.08 Å². The number of carbonyl (C=O) groups is 3. The Bertz CT molecular complexity index is 1660. The molecule has 3 atom stereocenters. The zero-order valence-electron chi connectivity index (χ0n) is 19.8. The first-order valence-corrected chi connectivity index (χ1v) is 13.8. The Labute approximate surface area is 233 Å². The molecule has 3 heterocycles. The maximum Gasteiger partial charge on any atom is 0.195 e. The first kappa shape index (κ1) is 23.6. The highest BCUT2D eigenvalue weighted by Gasteiger charge is 2.71. The monoisotopic (exact) mass is 555 g/mol. The minimum absolute atomic E-state index is 0.139. The summed E-state index contributed by atoms with van der Waals surface area (Å²) in [7, 11) is 0. The summed E-state index contributed by atoms with van der Waals surface area (Å²) < 4.78 is 0. The van der Waals surface area contributed by atoms with Gasteiger partial charge in [0, 0.05) is 32.8 Å². The molecule has 4 aromatic rings. The van der Waals surface area contributed by atoms with Crippen LogP contribution in [0, 0.1) is 5.41 Å². The van der Waals surface area contributed by atoms with E-state index in [0.717, 1.165) is 11.3 Å². The van der Waals surface area contributed by atoms with Gasteiger partial charge in [0.1, 0.15) is 11.5 Å². The smallest absolute Gasteiger partial charge is 0.195 e. The number of benzene rings is 3. The van der Waals surface area contributed by atoms with Gasteiger partial charge >= 0.3 is 0 Å². The standard InChI is InChI=1S/C31H19Cl2NO3S/c32-19-6-3-5-18(16-19)26-27(28(35)24-9-4-14-38-24)34-23-12-11-20(33)15-17(23)10-13-25(34)31(26)29(36)21-7-1-2-8-22(21)30(31)37/h1-16,25-27H/t25?,26-,27+/m1/s1. The molecule has 1 fully saturated rings. The molecule has 0 saturated carbocycles. The van der Waals surface area contributed by atoms with Gasteiger partial charge in [0.05, 0.1) is 10.9 Å². The van der Waals surface area contributed by atoms with Gasteiger partial charge < -0.3 is 4.90 Å². The summed E-state index contributed by atoms with van der Waals surface area (Å²) in [5.74, 6) is -1.44. The number of rotatable bonds is 3. The highest BCUT2D eigenvalue weighted by Crippen LogP contribution is 2.61. The van der Waals surface area contributed by atoms with E-state index in [4.69, 9.17) is 23.2 Å². The zero-order chi connectivity index (χ0) is 26.2. The van der Waals surface area contributed by atoms with Gasteiger partial charge in [0.2, 0.25) is 0 Å². The second kappa shape index (κ2) is 8.50. The topological polar surface area (TPSA) is 54.5 Å². The number of carbonyl (C=O) groups excluding carboxylic acids is 3. The van der Waals surface area contributed by atoms with E-state index in [2.05, 4.69) is 0 Å². The van der Waals surface area contributed by atoms with Crippen molar-refractivity contribution in [3.8, 4) is 0 Å². The van der Waals surface area contributed by atoms with E-state index < -0.39 is 23.4 Å². The number of fused-ring (bicyclic) bond motifs is 5. The third-order valence-electron chi connectivity index (χ3n) is 8.01. The molecular weight excluding hydrogens is 537 g/mol. The van der Waals surface area contributed by atoms with Crippen LogP contribution in [-0.4, -0.2) is 29.4 Å². The minimum Gasteiger partial charge on any atom is -0.352 e. The third kappa shape index (κ3) is 3.07. The lowest BCUT2D eigenvalue weighted by atomic mass is 9.64. The second-order valence-corrected chi connectivity index (χ2v) is 11.6. The molecule has 186 valence electrons. The molecule has 1 unspecified atom stereocenters. The van der Waals surface area contributed by atoms with Gasteiger partial charge in [0.15, 0.2) is 17.3 Å².